The molecule has 7 nitrogen and oxygen atoms in total. The zero-order chi connectivity index (χ0) is 21.4. The van der Waals surface area contributed by atoms with Gasteiger partial charge in [0, 0.05) is 4.88 Å². The van der Waals surface area contributed by atoms with Crippen LogP contribution >= 0.6 is 11.3 Å². The van der Waals surface area contributed by atoms with E-state index in [4.69, 9.17) is 0 Å². The highest BCUT2D eigenvalue weighted by Crippen LogP contribution is 2.34. The van der Waals surface area contributed by atoms with Gasteiger partial charge in [0.15, 0.2) is 17.5 Å². The summed E-state index contributed by atoms with van der Waals surface area (Å²) < 4.78 is 40.9. The SMILES string of the molecule is O=C(Cn1cnc2sc3c(c2c1=O)CCC3)NCC(=O)Nc1ccc(F)c(F)c1F. The van der Waals surface area contributed by atoms with Crippen LogP contribution in [0.2, 0.25) is 0 Å². The van der Waals surface area contributed by atoms with Crippen molar-refractivity contribution in [1.82, 2.24) is 14.9 Å². The number of halogens is 3. The highest BCUT2D eigenvalue weighted by Gasteiger charge is 2.22. The van der Waals surface area contributed by atoms with Gasteiger partial charge in [-0.1, -0.05) is 0 Å². The Morgan fingerprint density at radius 2 is 1.93 bits per heavy atom. The molecule has 2 aromatic heterocycles. The normalized spacial score (nSPS) is 12.8. The zero-order valence-corrected chi connectivity index (χ0v) is 16.2. The summed E-state index contributed by atoms with van der Waals surface area (Å²) in [5, 5.41) is 4.87. The number of carbonyl (C=O) groups is 2. The number of hydrogen-bond acceptors (Lipinski definition) is 5. The zero-order valence-electron chi connectivity index (χ0n) is 15.4. The number of aryl methyl sites for hydroxylation is 2. The molecule has 1 aliphatic rings. The van der Waals surface area contributed by atoms with Gasteiger partial charge in [0.25, 0.3) is 5.56 Å². The second kappa shape index (κ2) is 7.90. The fourth-order valence-corrected chi connectivity index (χ4v) is 4.56. The van der Waals surface area contributed by atoms with Gasteiger partial charge in [-0.2, -0.15) is 0 Å². The van der Waals surface area contributed by atoms with Crippen LogP contribution < -0.4 is 16.2 Å². The summed E-state index contributed by atoms with van der Waals surface area (Å²) in [6, 6.07) is 1.54. The quantitative estimate of drug-likeness (QED) is 0.600. The molecule has 0 spiro atoms. The summed E-state index contributed by atoms with van der Waals surface area (Å²) in [7, 11) is 0. The molecule has 0 saturated heterocycles. The highest BCUT2D eigenvalue weighted by molar-refractivity contribution is 7.18. The third kappa shape index (κ3) is 3.67. The third-order valence-electron chi connectivity index (χ3n) is 4.76. The molecule has 2 N–H and O–H groups in total. The van der Waals surface area contributed by atoms with Crippen LogP contribution in [0.1, 0.15) is 16.9 Å². The average Bonchev–Trinajstić information content (AvgIpc) is 3.30. The van der Waals surface area contributed by atoms with Gasteiger partial charge in [-0.15, -0.1) is 11.3 Å². The van der Waals surface area contributed by atoms with E-state index >= 15 is 0 Å². The Labute approximate surface area is 171 Å². The standard InChI is InChI=1S/C19H15F3N4O3S/c20-10-4-5-11(17(22)16(10)21)25-13(27)6-23-14(28)7-26-8-24-18-15(19(26)29)9-2-1-3-12(9)30-18/h4-5,8H,1-3,6-7H2,(H,23,28)(H,25,27). The number of carbonyl (C=O) groups excluding carboxylic acids is 2. The van der Waals surface area contributed by atoms with Gasteiger partial charge in [-0.25, -0.2) is 18.2 Å². The lowest BCUT2D eigenvalue weighted by molar-refractivity contribution is -0.124. The molecule has 0 radical (unpaired) electrons. The van der Waals surface area contributed by atoms with Gasteiger partial charge in [0.2, 0.25) is 11.8 Å². The molecular formula is C19H15F3N4O3S. The lowest BCUT2D eigenvalue weighted by Gasteiger charge is -2.09. The Morgan fingerprint density at radius 1 is 1.13 bits per heavy atom. The van der Waals surface area contributed by atoms with E-state index in [1.54, 1.807) is 0 Å². The van der Waals surface area contributed by atoms with E-state index in [2.05, 4.69) is 10.3 Å². The molecule has 0 atom stereocenters. The third-order valence-corrected chi connectivity index (χ3v) is 5.96. The van der Waals surface area contributed by atoms with Gasteiger partial charge in [-0.05, 0) is 37.0 Å². The number of benzene rings is 1. The number of thiophene rings is 1. The van der Waals surface area contributed by atoms with Gasteiger partial charge < -0.3 is 10.6 Å². The Morgan fingerprint density at radius 3 is 2.73 bits per heavy atom. The maximum Gasteiger partial charge on any atom is 0.262 e. The molecule has 11 heteroatoms. The first-order chi connectivity index (χ1) is 14.3. The van der Waals surface area contributed by atoms with E-state index in [9.17, 15) is 27.6 Å². The number of amides is 2. The van der Waals surface area contributed by atoms with Crippen LogP contribution in [0.3, 0.4) is 0 Å². The Hall–Kier alpha value is -3.21. The molecule has 0 bridgehead atoms. The van der Waals surface area contributed by atoms with E-state index in [0.717, 1.165) is 40.3 Å². The fourth-order valence-electron chi connectivity index (χ4n) is 3.34. The van der Waals surface area contributed by atoms with Crippen LogP contribution in [0.4, 0.5) is 18.9 Å². The molecule has 1 aromatic carbocycles. The van der Waals surface area contributed by atoms with Crippen molar-refractivity contribution in [1.29, 1.82) is 0 Å². The Bertz CT molecular complexity index is 1240. The summed E-state index contributed by atoms with van der Waals surface area (Å²) in [6.45, 7) is -0.894. The smallest absolute Gasteiger partial charge is 0.262 e. The maximum atomic E-state index is 13.6. The van der Waals surface area contributed by atoms with E-state index in [1.807, 2.05) is 5.32 Å². The first kappa shape index (κ1) is 20.1. The largest absolute Gasteiger partial charge is 0.345 e. The second-order valence-corrected chi connectivity index (χ2v) is 7.85. The van der Waals surface area contributed by atoms with Crippen LogP contribution in [0.15, 0.2) is 23.3 Å². The second-order valence-electron chi connectivity index (χ2n) is 6.76. The fraction of sp³-hybridized carbons (Fsp3) is 0.263. The van der Waals surface area contributed by atoms with Crippen molar-refractivity contribution in [2.24, 2.45) is 0 Å². The number of hydrogen-bond donors (Lipinski definition) is 2. The summed E-state index contributed by atoms with van der Waals surface area (Å²) in [5.74, 6) is -6.11. The van der Waals surface area contributed by atoms with Crippen molar-refractivity contribution in [2.45, 2.75) is 25.8 Å². The first-order valence-corrected chi connectivity index (χ1v) is 9.86. The Balaban J connectivity index is 1.39. The van der Waals surface area contributed by atoms with Crippen molar-refractivity contribution in [3.8, 4) is 0 Å². The number of aromatic nitrogens is 2. The number of rotatable bonds is 5. The Kier molecular flexibility index (Phi) is 5.29. The number of nitrogens with one attached hydrogen (secondary N) is 2. The topological polar surface area (TPSA) is 93.1 Å². The molecule has 30 heavy (non-hydrogen) atoms. The molecule has 0 aliphatic heterocycles. The summed E-state index contributed by atoms with van der Waals surface area (Å²) >= 11 is 1.49. The highest BCUT2D eigenvalue weighted by atomic mass is 32.1. The molecule has 0 fully saturated rings. The first-order valence-electron chi connectivity index (χ1n) is 9.05. The molecule has 0 saturated carbocycles. The van der Waals surface area contributed by atoms with E-state index in [0.29, 0.717) is 16.3 Å². The van der Waals surface area contributed by atoms with Crippen molar-refractivity contribution >= 4 is 39.1 Å². The van der Waals surface area contributed by atoms with Crippen molar-refractivity contribution in [3.05, 3.63) is 56.7 Å². The van der Waals surface area contributed by atoms with Gasteiger partial charge in [0.1, 0.15) is 11.4 Å². The van der Waals surface area contributed by atoms with Crippen molar-refractivity contribution < 1.29 is 22.8 Å². The maximum absolute atomic E-state index is 13.6. The number of anilines is 1. The molecule has 156 valence electrons. The molecular weight excluding hydrogens is 421 g/mol. The van der Waals surface area contributed by atoms with Gasteiger partial charge in [0.05, 0.1) is 23.9 Å². The van der Waals surface area contributed by atoms with Crippen LogP contribution in [0.5, 0.6) is 0 Å². The minimum atomic E-state index is -1.71. The minimum absolute atomic E-state index is 0.317. The van der Waals surface area contributed by atoms with Gasteiger partial charge >= 0.3 is 0 Å². The van der Waals surface area contributed by atoms with Gasteiger partial charge in [-0.3, -0.25) is 19.0 Å². The number of fused-ring (bicyclic) bond motifs is 3. The van der Waals surface area contributed by atoms with Crippen molar-refractivity contribution in [3.63, 3.8) is 0 Å². The summed E-state index contributed by atoms with van der Waals surface area (Å²) in [6.07, 6.45) is 4.00. The molecule has 2 amide bonds. The van der Waals surface area contributed by atoms with Crippen LogP contribution in [-0.2, 0) is 29.0 Å². The molecule has 2 heterocycles. The number of nitrogens with zero attached hydrogens (tertiary/aromatic N) is 2. The monoisotopic (exact) mass is 436 g/mol. The molecule has 4 rings (SSSR count). The summed E-state index contributed by atoms with van der Waals surface area (Å²) in [5.41, 5.74) is 0.128. The van der Waals surface area contributed by atoms with Crippen LogP contribution in [-0.4, -0.2) is 27.9 Å². The van der Waals surface area contributed by atoms with E-state index in [-0.39, 0.29) is 12.1 Å². The molecule has 0 unspecified atom stereocenters. The lowest BCUT2D eigenvalue weighted by atomic mass is 10.2. The van der Waals surface area contributed by atoms with Crippen molar-refractivity contribution in [2.75, 3.05) is 11.9 Å². The predicted octanol–water partition coefficient (Wildman–Crippen LogP) is 2.12. The van der Waals surface area contributed by atoms with E-state index < -0.39 is 41.5 Å². The molecule has 3 aromatic rings. The van der Waals surface area contributed by atoms with E-state index in [1.165, 1.54) is 17.7 Å². The summed E-state index contributed by atoms with van der Waals surface area (Å²) in [4.78, 5) is 42.8. The minimum Gasteiger partial charge on any atom is -0.345 e. The van der Waals surface area contributed by atoms with Crippen LogP contribution in [0, 0.1) is 17.5 Å². The molecule has 1 aliphatic carbocycles. The lowest BCUT2D eigenvalue weighted by Crippen LogP contribution is -2.37. The van der Waals surface area contributed by atoms with Crippen LogP contribution in [0.25, 0.3) is 10.2 Å². The predicted molar refractivity (Wildman–Crippen MR) is 104 cm³/mol. The average molecular weight is 436 g/mol.